The van der Waals surface area contributed by atoms with Gasteiger partial charge >= 0.3 is 6.18 Å². The third kappa shape index (κ3) is 2.83. The molecule has 5 heteroatoms. The number of rotatable bonds is 3. The van der Waals surface area contributed by atoms with Crippen molar-refractivity contribution in [3.63, 3.8) is 0 Å². The van der Waals surface area contributed by atoms with Crippen molar-refractivity contribution in [1.82, 2.24) is 4.90 Å². The quantitative estimate of drug-likeness (QED) is 0.777. The highest BCUT2D eigenvalue weighted by molar-refractivity contribution is 5.13. The first kappa shape index (κ1) is 12.9. The lowest BCUT2D eigenvalue weighted by Crippen LogP contribution is -2.48. The third-order valence-electron chi connectivity index (χ3n) is 4.06. The first-order valence-electron chi connectivity index (χ1n) is 6.14. The highest BCUT2D eigenvalue weighted by Crippen LogP contribution is 2.41. The maximum absolute atomic E-state index is 12.4. The van der Waals surface area contributed by atoms with Crippen molar-refractivity contribution in [2.24, 2.45) is 11.1 Å². The second-order valence-corrected chi connectivity index (χ2v) is 5.27. The number of hydrogen-bond donors (Lipinski definition) is 1. The van der Waals surface area contributed by atoms with E-state index in [0.29, 0.717) is 19.6 Å². The van der Waals surface area contributed by atoms with Crippen LogP contribution in [0, 0.1) is 5.41 Å². The predicted molar refractivity (Wildman–Crippen MR) is 60.5 cm³/mol. The first-order chi connectivity index (χ1) is 7.95. The van der Waals surface area contributed by atoms with E-state index in [1.165, 1.54) is 12.5 Å². The number of nitrogens with two attached hydrogens (primary N) is 1. The molecular formula is C12H19F3N2. The molecule has 1 aliphatic carbocycles. The van der Waals surface area contributed by atoms with Crippen molar-refractivity contribution in [3.8, 4) is 0 Å². The largest absolute Gasteiger partial charge is 0.412 e. The Labute approximate surface area is 99.6 Å². The Morgan fingerprint density at radius 3 is 2.41 bits per heavy atom. The lowest BCUT2D eigenvalue weighted by molar-refractivity contribution is -0.0964. The minimum atomic E-state index is -4.14. The van der Waals surface area contributed by atoms with Crippen LogP contribution < -0.4 is 5.73 Å². The highest BCUT2D eigenvalue weighted by atomic mass is 19.4. The van der Waals surface area contributed by atoms with E-state index in [2.05, 4.69) is 4.90 Å². The highest BCUT2D eigenvalue weighted by Gasteiger charge is 2.39. The molecule has 0 atom stereocenters. The predicted octanol–water partition coefficient (Wildman–Crippen LogP) is 2.31. The fourth-order valence-electron chi connectivity index (χ4n) is 2.69. The molecule has 17 heavy (non-hydrogen) atoms. The molecule has 0 aromatic heterocycles. The summed E-state index contributed by atoms with van der Waals surface area (Å²) in [5, 5.41) is 0. The topological polar surface area (TPSA) is 29.3 Å². The molecule has 1 saturated carbocycles. The molecule has 1 heterocycles. The van der Waals surface area contributed by atoms with Crippen LogP contribution in [-0.4, -0.2) is 37.3 Å². The Morgan fingerprint density at radius 2 is 2.06 bits per heavy atom. The number of alkyl halides is 3. The minimum Gasteiger partial charge on any atom is -0.330 e. The number of nitrogens with zero attached hydrogens (tertiary/aromatic N) is 1. The van der Waals surface area contributed by atoms with Crippen molar-refractivity contribution in [2.45, 2.75) is 31.9 Å². The van der Waals surface area contributed by atoms with E-state index in [-0.39, 0.29) is 17.4 Å². The molecule has 2 nitrogen and oxygen atoms in total. The smallest absolute Gasteiger partial charge is 0.330 e. The SMILES string of the molecule is NCC1(CN2CC=C(C(F)(F)F)CC2)CCC1. The van der Waals surface area contributed by atoms with E-state index < -0.39 is 6.18 Å². The van der Waals surface area contributed by atoms with E-state index in [4.69, 9.17) is 5.73 Å². The van der Waals surface area contributed by atoms with Crippen LogP contribution in [0.4, 0.5) is 13.2 Å². The van der Waals surface area contributed by atoms with Crippen LogP contribution >= 0.6 is 0 Å². The minimum absolute atomic E-state index is 0.115. The van der Waals surface area contributed by atoms with Gasteiger partial charge in [-0.25, -0.2) is 0 Å². The molecule has 0 amide bonds. The van der Waals surface area contributed by atoms with Crippen LogP contribution in [0.25, 0.3) is 0 Å². The van der Waals surface area contributed by atoms with Gasteiger partial charge in [0.15, 0.2) is 0 Å². The molecule has 2 rings (SSSR count). The van der Waals surface area contributed by atoms with E-state index >= 15 is 0 Å². The average Bonchev–Trinajstić information content (AvgIpc) is 2.23. The van der Waals surface area contributed by atoms with E-state index in [9.17, 15) is 13.2 Å². The Kier molecular flexibility index (Phi) is 3.50. The molecule has 0 saturated heterocycles. The molecule has 0 spiro atoms. The normalized spacial score (nSPS) is 25.3. The molecule has 0 radical (unpaired) electrons. The monoisotopic (exact) mass is 248 g/mol. The molecule has 0 bridgehead atoms. The summed E-state index contributed by atoms with van der Waals surface area (Å²) < 4.78 is 37.3. The molecular weight excluding hydrogens is 229 g/mol. The van der Waals surface area contributed by atoms with Crippen LogP contribution in [0.5, 0.6) is 0 Å². The van der Waals surface area contributed by atoms with Crippen LogP contribution in [-0.2, 0) is 0 Å². The van der Waals surface area contributed by atoms with Gasteiger partial charge in [0, 0.05) is 25.2 Å². The standard InChI is InChI=1S/C12H19F3N2/c13-12(14,15)10-2-6-17(7-3-10)9-11(8-16)4-1-5-11/h2H,1,3-9,16H2. The van der Waals surface area contributed by atoms with Crippen LogP contribution in [0.1, 0.15) is 25.7 Å². The molecule has 0 aromatic carbocycles. The fourth-order valence-corrected chi connectivity index (χ4v) is 2.69. The third-order valence-corrected chi connectivity index (χ3v) is 4.06. The summed E-state index contributed by atoms with van der Waals surface area (Å²) >= 11 is 0. The number of hydrogen-bond acceptors (Lipinski definition) is 2. The van der Waals surface area contributed by atoms with Crippen molar-refractivity contribution in [2.75, 3.05) is 26.2 Å². The average molecular weight is 248 g/mol. The zero-order chi connectivity index (χ0) is 12.5. The van der Waals surface area contributed by atoms with Crippen LogP contribution in [0.3, 0.4) is 0 Å². The van der Waals surface area contributed by atoms with Gasteiger partial charge in [0.05, 0.1) is 0 Å². The summed E-state index contributed by atoms with van der Waals surface area (Å²) in [4.78, 5) is 2.10. The second kappa shape index (κ2) is 4.61. The molecule has 0 aromatic rings. The summed E-state index contributed by atoms with van der Waals surface area (Å²) in [7, 11) is 0. The zero-order valence-corrected chi connectivity index (χ0v) is 9.89. The summed E-state index contributed by atoms with van der Waals surface area (Å²) in [6, 6.07) is 0. The van der Waals surface area contributed by atoms with Crippen molar-refractivity contribution in [1.29, 1.82) is 0 Å². The van der Waals surface area contributed by atoms with Gasteiger partial charge in [-0.1, -0.05) is 12.5 Å². The molecule has 2 aliphatic rings. The Morgan fingerprint density at radius 1 is 1.35 bits per heavy atom. The van der Waals surface area contributed by atoms with Gasteiger partial charge in [-0.15, -0.1) is 0 Å². The zero-order valence-electron chi connectivity index (χ0n) is 9.89. The van der Waals surface area contributed by atoms with Crippen molar-refractivity contribution >= 4 is 0 Å². The van der Waals surface area contributed by atoms with Gasteiger partial charge < -0.3 is 5.73 Å². The summed E-state index contributed by atoms with van der Waals surface area (Å²) in [6.45, 7) is 2.42. The van der Waals surface area contributed by atoms with Crippen LogP contribution in [0.2, 0.25) is 0 Å². The van der Waals surface area contributed by atoms with Crippen molar-refractivity contribution < 1.29 is 13.2 Å². The van der Waals surface area contributed by atoms with Gasteiger partial charge in [-0.2, -0.15) is 13.2 Å². The maximum atomic E-state index is 12.4. The van der Waals surface area contributed by atoms with Gasteiger partial charge in [0.1, 0.15) is 0 Å². The van der Waals surface area contributed by atoms with Gasteiger partial charge in [-0.05, 0) is 31.2 Å². The molecule has 2 N–H and O–H groups in total. The molecule has 98 valence electrons. The Balaban J connectivity index is 1.89. The van der Waals surface area contributed by atoms with E-state index in [1.54, 1.807) is 0 Å². The van der Waals surface area contributed by atoms with E-state index in [0.717, 1.165) is 19.4 Å². The van der Waals surface area contributed by atoms with Crippen molar-refractivity contribution in [3.05, 3.63) is 11.6 Å². The van der Waals surface area contributed by atoms with Gasteiger partial charge in [0.25, 0.3) is 0 Å². The summed E-state index contributed by atoms with van der Waals surface area (Å²) in [6.07, 6.45) is 0.741. The first-order valence-corrected chi connectivity index (χ1v) is 6.14. The molecule has 1 fully saturated rings. The van der Waals surface area contributed by atoms with E-state index in [1.807, 2.05) is 0 Å². The Hall–Kier alpha value is -0.550. The summed E-state index contributed by atoms with van der Waals surface area (Å²) in [5.41, 5.74) is 5.57. The van der Waals surface area contributed by atoms with Gasteiger partial charge in [0.2, 0.25) is 0 Å². The Bertz CT molecular complexity index is 300. The molecule has 0 unspecified atom stereocenters. The number of halogens is 3. The lowest BCUT2D eigenvalue weighted by Gasteiger charge is -2.45. The maximum Gasteiger partial charge on any atom is 0.412 e. The molecule has 1 aliphatic heterocycles. The lowest BCUT2D eigenvalue weighted by atomic mass is 9.68. The van der Waals surface area contributed by atoms with Gasteiger partial charge in [-0.3, -0.25) is 4.90 Å². The summed E-state index contributed by atoms with van der Waals surface area (Å²) in [5.74, 6) is 0. The van der Waals surface area contributed by atoms with Crippen LogP contribution in [0.15, 0.2) is 11.6 Å². The fraction of sp³-hybridized carbons (Fsp3) is 0.833. The second-order valence-electron chi connectivity index (χ2n) is 5.27.